The molecule has 1 aromatic rings. The second kappa shape index (κ2) is 6.51. The van der Waals surface area contributed by atoms with Crippen LogP contribution in [-0.2, 0) is 19.9 Å². The van der Waals surface area contributed by atoms with Crippen LogP contribution in [0.25, 0.3) is 0 Å². The molecule has 1 heterocycles. The van der Waals surface area contributed by atoms with Gasteiger partial charge < -0.3 is 20.4 Å². The highest BCUT2D eigenvalue weighted by Gasteiger charge is 2.31. The molecule has 1 amide bonds. The lowest BCUT2D eigenvalue weighted by Crippen LogP contribution is -2.36. The van der Waals surface area contributed by atoms with E-state index in [2.05, 4.69) is 10.3 Å². The highest BCUT2D eigenvalue weighted by molar-refractivity contribution is 5.93. The highest BCUT2D eigenvalue weighted by Crippen LogP contribution is 2.19. The van der Waals surface area contributed by atoms with Crippen LogP contribution in [0.3, 0.4) is 0 Å². The van der Waals surface area contributed by atoms with Gasteiger partial charge in [0.25, 0.3) is 0 Å². The molecule has 0 aliphatic rings. The van der Waals surface area contributed by atoms with Crippen LogP contribution in [0, 0.1) is 0 Å². The normalized spacial score (nSPS) is 12.8. The summed E-state index contributed by atoms with van der Waals surface area (Å²) in [7, 11) is 1.33. The molecule has 0 aromatic carbocycles. The van der Waals surface area contributed by atoms with Gasteiger partial charge in [0.05, 0.1) is 19.5 Å². The van der Waals surface area contributed by atoms with Crippen LogP contribution in [-0.4, -0.2) is 34.6 Å². The Morgan fingerprint density at radius 2 is 2.20 bits per heavy atom. The minimum Gasteiger partial charge on any atom is -0.467 e. The molecule has 0 aliphatic carbocycles. The summed E-state index contributed by atoms with van der Waals surface area (Å²) in [5, 5.41) is 2.63. The number of imidazole rings is 1. The van der Waals surface area contributed by atoms with E-state index in [1.54, 1.807) is 24.6 Å². The first-order chi connectivity index (χ1) is 9.32. The van der Waals surface area contributed by atoms with Gasteiger partial charge in [-0.05, 0) is 20.3 Å². The van der Waals surface area contributed by atoms with Crippen molar-refractivity contribution in [1.82, 2.24) is 9.55 Å². The predicted octanol–water partition coefficient (Wildman–Crippen LogP) is 0.857. The third kappa shape index (κ3) is 3.57. The van der Waals surface area contributed by atoms with Crippen LogP contribution in [0.5, 0.6) is 0 Å². The molecule has 1 unspecified atom stereocenters. The molecule has 1 rings (SSSR count). The van der Waals surface area contributed by atoms with E-state index in [4.69, 9.17) is 10.5 Å². The average molecular weight is 282 g/mol. The van der Waals surface area contributed by atoms with E-state index in [1.807, 2.05) is 6.92 Å². The molecule has 3 N–H and O–H groups in total. The van der Waals surface area contributed by atoms with Crippen molar-refractivity contribution in [3.63, 3.8) is 0 Å². The first kappa shape index (κ1) is 16.2. The van der Waals surface area contributed by atoms with Crippen LogP contribution in [0.2, 0.25) is 0 Å². The van der Waals surface area contributed by atoms with E-state index >= 15 is 0 Å². The fourth-order valence-corrected chi connectivity index (χ4v) is 1.71. The molecule has 0 saturated carbocycles. The van der Waals surface area contributed by atoms with Gasteiger partial charge in [-0.3, -0.25) is 4.79 Å². The summed E-state index contributed by atoms with van der Waals surface area (Å²) >= 11 is 0. The van der Waals surface area contributed by atoms with Gasteiger partial charge >= 0.3 is 5.97 Å². The van der Waals surface area contributed by atoms with Crippen molar-refractivity contribution in [3.05, 3.63) is 12.5 Å². The maximum Gasteiger partial charge on any atom is 0.331 e. The average Bonchev–Trinajstić information content (AvgIpc) is 2.87. The van der Waals surface area contributed by atoms with Crippen molar-refractivity contribution < 1.29 is 14.3 Å². The number of nitrogens with one attached hydrogen (secondary N) is 1. The Kier molecular flexibility index (Phi) is 5.26. The summed E-state index contributed by atoms with van der Waals surface area (Å²) in [5.41, 5.74) is 4.82. The Hall–Kier alpha value is -1.89. The molecule has 20 heavy (non-hydrogen) atoms. The minimum absolute atomic E-state index is 0.284. The monoisotopic (exact) mass is 282 g/mol. The second-order valence-corrected chi connectivity index (χ2v) is 5.10. The Bertz CT molecular complexity index is 482. The zero-order valence-electron chi connectivity index (χ0n) is 12.3. The number of rotatable bonds is 6. The van der Waals surface area contributed by atoms with Gasteiger partial charge in [0.2, 0.25) is 5.91 Å². The lowest BCUT2D eigenvalue weighted by atomic mass is 10.1. The molecule has 0 fully saturated rings. The number of hydrogen-bond donors (Lipinski definition) is 2. The zero-order valence-corrected chi connectivity index (χ0v) is 12.3. The van der Waals surface area contributed by atoms with Crippen molar-refractivity contribution in [2.75, 3.05) is 12.4 Å². The Morgan fingerprint density at radius 3 is 2.75 bits per heavy atom. The summed E-state index contributed by atoms with van der Waals surface area (Å²) in [6.45, 7) is 5.37. The van der Waals surface area contributed by atoms with Gasteiger partial charge in [-0.25, -0.2) is 9.78 Å². The molecule has 0 spiro atoms. The fraction of sp³-hybridized carbons (Fsp3) is 0.615. The number of esters is 1. The number of nitrogens with two attached hydrogens (primary N) is 1. The molecular formula is C13H22N4O3. The van der Waals surface area contributed by atoms with Gasteiger partial charge in [0, 0.05) is 6.20 Å². The van der Waals surface area contributed by atoms with E-state index in [0.717, 1.165) is 6.42 Å². The minimum atomic E-state index is -0.893. The molecule has 0 bridgehead atoms. The summed E-state index contributed by atoms with van der Waals surface area (Å²) < 4.78 is 6.32. The van der Waals surface area contributed by atoms with Crippen molar-refractivity contribution in [2.24, 2.45) is 5.73 Å². The number of carbonyl (C=O) groups excluding carboxylic acids is 2. The van der Waals surface area contributed by atoms with Gasteiger partial charge in [0.1, 0.15) is 5.54 Å². The maximum atomic E-state index is 11.8. The molecule has 0 aliphatic heterocycles. The van der Waals surface area contributed by atoms with Crippen molar-refractivity contribution in [1.29, 1.82) is 0 Å². The summed E-state index contributed by atoms with van der Waals surface area (Å²) in [5.74, 6) is -0.318. The van der Waals surface area contributed by atoms with Crippen molar-refractivity contribution in [2.45, 2.75) is 45.2 Å². The van der Waals surface area contributed by atoms with Gasteiger partial charge in [-0.1, -0.05) is 13.3 Å². The Morgan fingerprint density at radius 1 is 1.55 bits per heavy atom. The number of anilines is 1. The number of aromatic nitrogens is 2. The molecule has 7 nitrogen and oxygen atoms in total. The number of ether oxygens (including phenoxy) is 1. The van der Waals surface area contributed by atoms with Crippen molar-refractivity contribution >= 4 is 17.7 Å². The topological polar surface area (TPSA) is 99.2 Å². The Balaban J connectivity index is 2.78. The standard InChI is InChI=1S/C13H22N4O3/c1-5-6-9(14)11(18)16-10-7-17(8-15-10)13(2,3)12(19)20-4/h7-9H,5-6,14H2,1-4H3,(H,16,18). The number of nitrogens with zero attached hydrogens (tertiary/aromatic N) is 2. The van der Waals surface area contributed by atoms with Crippen LogP contribution in [0.1, 0.15) is 33.6 Å². The van der Waals surface area contributed by atoms with E-state index in [1.165, 1.54) is 13.4 Å². The van der Waals surface area contributed by atoms with Gasteiger partial charge in [-0.15, -0.1) is 0 Å². The van der Waals surface area contributed by atoms with Gasteiger partial charge in [0.15, 0.2) is 5.82 Å². The molecule has 112 valence electrons. The first-order valence-electron chi connectivity index (χ1n) is 6.52. The first-order valence-corrected chi connectivity index (χ1v) is 6.52. The second-order valence-electron chi connectivity index (χ2n) is 5.10. The summed E-state index contributed by atoms with van der Waals surface area (Å²) in [6.07, 6.45) is 4.49. The van der Waals surface area contributed by atoms with Gasteiger partial charge in [-0.2, -0.15) is 0 Å². The van der Waals surface area contributed by atoms with E-state index in [9.17, 15) is 9.59 Å². The number of carbonyl (C=O) groups is 2. The quantitative estimate of drug-likeness (QED) is 0.754. The summed E-state index contributed by atoms with van der Waals surface area (Å²) in [4.78, 5) is 27.5. The zero-order chi connectivity index (χ0) is 15.3. The SMILES string of the molecule is CCCC(N)C(=O)Nc1cn(C(C)(C)C(=O)OC)cn1. The highest BCUT2D eigenvalue weighted by atomic mass is 16.5. The lowest BCUT2D eigenvalue weighted by molar-refractivity contribution is -0.149. The number of amides is 1. The number of hydrogen-bond acceptors (Lipinski definition) is 5. The van der Waals surface area contributed by atoms with Crippen LogP contribution in [0.4, 0.5) is 5.82 Å². The molecule has 1 aromatic heterocycles. The van der Waals surface area contributed by atoms with Crippen LogP contribution >= 0.6 is 0 Å². The Labute approximate surface area is 118 Å². The van der Waals surface area contributed by atoms with Crippen LogP contribution in [0.15, 0.2) is 12.5 Å². The van der Waals surface area contributed by atoms with Crippen molar-refractivity contribution in [3.8, 4) is 0 Å². The maximum absolute atomic E-state index is 11.8. The third-order valence-electron chi connectivity index (χ3n) is 3.10. The van der Waals surface area contributed by atoms with E-state index in [-0.39, 0.29) is 5.91 Å². The number of methoxy groups -OCH3 is 1. The lowest BCUT2D eigenvalue weighted by Gasteiger charge is -2.22. The molecule has 0 saturated heterocycles. The molecule has 0 radical (unpaired) electrons. The van der Waals surface area contributed by atoms with E-state index in [0.29, 0.717) is 12.2 Å². The largest absolute Gasteiger partial charge is 0.467 e. The van der Waals surface area contributed by atoms with E-state index < -0.39 is 17.6 Å². The fourth-order valence-electron chi connectivity index (χ4n) is 1.71. The molecular weight excluding hydrogens is 260 g/mol. The third-order valence-corrected chi connectivity index (χ3v) is 3.10. The molecule has 7 heteroatoms. The van der Waals surface area contributed by atoms with Crippen LogP contribution < -0.4 is 11.1 Å². The predicted molar refractivity (Wildman–Crippen MR) is 75.1 cm³/mol. The molecule has 1 atom stereocenters. The summed E-state index contributed by atoms with van der Waals surface area (Å²) in [6, 6.07) is -0.557. The smallest absolute Gasteiger partial charge is 0.331 e.